The number of carbonyl (C=O) groups excluding carboxylic acids is 1. The van der Waals surface area contributed by atoms with E-state index in [0.717, 1.165) is 0 Å². The predicted molar refractivity (Wildman–Crippen MR) is 67.8 cm³/mol. The lowest BCUT2D eigenvalue weighted by atomic mass is 9.99. The molecule has 1 saturated heterocycles. The normalized spacial score (nSPS) is 31.5. The van der Waals surface area contributed by atoms with E-state index in [-0.39, 0.29) is 11.3 Å². The molecule has 120 valence electrons. The van der Waals surface area contributed by atoms with E-state index in [9.17, 15) is 30.0 Å². The third-order valence-corrected chi connectivity index (χ3v) is 3.16. The maximum Gasteiger partial charge on any atom is 0.344 e. The Hall–Kier alpha value is -2.20. The highest BCUT2D eigenvalue weighted by atomic mass is 16.7. The summed E-state index contributed by atoms with van der Waals surface area (Å²) in [5.74, 6) is -3.06. The Labute approximate surface area is 124 Å². The first-order valence-corrected chi connectivity index (χ1v) is 6.24. The largest absolute Gasteiger partial charge is 0.507 e. The third-order valence-electron chi connectivity index (χ3n) is 3.16. The minimum atomic E-state index is -1.88. The average molecular weight is 314 g/mol. The second kappa shape index (κ2) is 6.28. The molecule has 0 spiro atoms. The fourth-order valence-electron chi connectivity index (χ4n) is 1.96. The number of carboxylic acids is 1. The van der Waals surface area contributed by atoms with Crippen molar-refractivity contribution in [1.82, 2.24) is 0 Å². The molecule has 9 heteroatoms. The first-order chi connectivity index (χ1) is 10.3. The van der Waals surface area contributed by atoms with Crippen LogP contribution in [0.25, 0.3) is 0 Å². The standard InChI is InChI=1S/C13H14O9/c14-6-4-2-1-3-5(6)12(20)22-13-9(17)7(15)8(16)10(21-13)11(18)19/h1-4,7-10,13-17H,(H,18,19)/t7-,8-,9+,10-,13-/m0/s1. The van der Waals surface area contributed by atoms with E-state index in [1.807, 2.05) is 0 Å². The molecular formula is C13H14O9. The average Bonchev–Trinajstić information content (AvgIpc) is 2.47. The number of rotatable bonds is 3. The SMILES string of the molecule is O=C(O[C@@H]1O[C@H](C(=O)O)[C@@H](O)[C@H](O)[C@H]1O)c1ccccc1O. The summed E-state index contributed by atoms with van der Waals surface area (Å²) >= 11 is 0. The molecule has 1 aromatic carbocycles. The number of para-hydroxylation sites is 1. The van der Waals surface area contributed by atoms with Crippen molar-refractivity contribution in [3.8, 4) is 5.75 Å². The van der Waals surface area contributed by atoms with Crippen LogP contribution >= 0.6 is 0 Å². The molecule has 0 bridgehead atoms. The quantitative estimate of drug-likeness (QED) is 0.417. The Morgan fingerprint density at radius 1 is 1.05 bits per heavy atom. The van der Waals surface area contributed by atoms with E-state index in [4.69, 9.17) is 14.6 Å². The van der Waals surface area contributed by atoms with Crippen LogP contribution in [-0.2, 0) is 14.3 Å². The van der Waals surface area contributed by atoms with Gasteiger partial charge in [-0.15, -0.1) is 0 Å². The zero-order chi connectivity index (χ0) is 16.4. The van der Waals surface area contributed by atoms with Crippen LogP contribution in [0.3, 0.4) is 0 Å². The summed E-state index contributed by atoms with van der Waals surface area (Å²) in [4.78, 5) is 22.8. The Morgan fingerprint density at radius 2 is 1.68 bits per heavy atom. The van der Waals surface area contributed by atoms with Gasteiger partial charge in [0.05, 0.1) is 0 Å². The van der Waals surface area contributed by atoms with Gasteiger partial charge in [0.2, 0.25) is 6.29 Å². The minimum Gasteiger partial charge on any atom is -0.507 e. The number of benzene rings is 1. The lowest BCUT2D eigenvalue weighted by Gasteiger charge is -2.37. The van der Waals surface area contributed by atoms with Gasteiger partial charge in [0.15, 0.2) is 6.10 Å². The Balaban J connectivity index is 2.16. The van der Waals surface area contributed by atoms with Gasteiger partial charge in [-0.05, 0) is 12.1 Å². The van der Waals surface area contributed by atoms with Gasteiger partial charge in [-0.25, -0.2) is 9.59 Å². The number of hydrogen-bond acceptors (Lipinski definition) is 8. The molecule has 2 rings (SSSR count). The highest BCUT2D eigenvalue weighted by Crippen LogP contribution is 2.24. The summed E-state index contributed by atoms with van der Waals surface area (Å²) < 4.78 is 9.55. The lowest BCUT2D eigenvalue weighted by Crippen LogP contribution is -2.60. The van der Waals surface area contributed by atoms with Gasteiger partial charge >= 0.3 is 11.9 Å². The van der Waals surface area contributed by atoms with Gasteiger partial charge < -0.3 is 35.0 Å². The number of carbonyl (C=O) groups is 2. The summed E-state index contributed by atoms with van der Waals surface area (Å²) in [5, 5.41) is 47.2. The molecule has 5 N–H and O–H groups in total. The third kappa shape index (κ3) is 3.02. The highest BCUT2D eigenvalue weighted by Gasteiger charge is 2.48. The number of aromatic hydroxyl groups is 1. The summed E-state index contributed by atoms with van der Waals surface area (Å²) in [6, 6.07) is 5.39. The van der Waals surface area contributed by atoms with Crippen LogP contribution < -0.4 is 0 Å². The van der Waals surface area contributed by atoms with Gasteiger partial charge in [0, 0.05) is 0 Å². The molecule has 1 fully saturated rings. The fraction of sp³-hybridized carbons (Fsp3) is 0.385. The van der Waals surface area contributed by atoms with Crippen LogP contribution in [0.4, 0.5) is 0 Å². The van der Waals surface area contributed by atoms with Crippen LogP contribution in [0.15, 0.2) is 24.3 Å². The molecule has 0 amide bonds. The lowest BCUT2D eigenvalue weighted by molar-refractivity contribution is -0.278. The van der Waals surface area contributed by atoms with Crippen LogP contribution in [0, 0.1) is 0 Å². The van der Waals surface area contributed by atoms with Gasteiger partial charge in [-0.2, -0.15) is 0 Å². The molecule has 1 aromatic rings. The number of aliphatic carboxylic acids is 1. The van der Waals surface area contributed by atoms with E-state index < -0.39 is 42.6 Å². The predicted octanol–water partition coefficient (Wildman–Crippen LogP) is -1.56. The second-order valence-corrected chi connectivity index (χ2v) is 4.66. The highest BCUT2D eigenvalue weighted by molar-refractivity contribution is 5.92. The zero-order valence-corrected chi connectivity index (χ0v) is 11.1. The van der Waals surface area contributed by atoms with E-state index in [2.05, 4.69) is 0 Å². The maximum atomic E-state index is 11.9. The Kier molecular flexibility index (Phi) is 4.62. The molecular weight excluding hydrogens is 300 g/mol. The molecule has 0 saturated carbocycles. The van der Waals surface area contributed by atoms with E-state index >= 15 is 0 Å². The molecule has 0 unspecified atom stereocenters. The van der Waals surface area contributed by atoms with Crippen molar-refractivity contribution in [3.05, 3.63) is 29.8 Å². The van der Waals surface area contributed by atoms with Crippen molar-refractivity contribution in [2.75, 3.05) is 0 Å². The van der Waals surface area contributed by atoms with Crippen molar-refractivity contribution in [2.24, 2.45) is 0 Å². The number of aliphatic hydroxyl groups excluding tert-OH is 3. The molecule has 5 atom stereocenters. The number of carboxylic acid groups (broad SMARTS) is 1. The summed E-state index contributed by atoms with van der Waals surface area (Å²) in [6.07, 6.45) is -9.29. The fourth-order valence-corrected chi connectivity index (χ4v) is 1.96. The van der Waals surface area contributed by atoms with Crippen LogP contribution in [0.1, 0.15) is 10.4 Å². The number of ether oxygens (including phenoxy) is 2. The number of aliphatic hydroxyl groups is 3. The molecule has 0 aromatic heterocycles. The van der Waals surface area contributed by atoms with Crippen molar-refractivity contribution in [1.29, 1.82) is 0 Å². The van der Waals surface area contributed by atoms with Crippen molar-refractivity contribution >= 4 is 11.9 Å². The summed E-state index contributed by atoms with van der Waals surface area (Å²) in [6.45, 7) is 0. The number of hydrogen-bond donors (Lipinski definition) is 5. The molecule has 1 aliphatic heterocycles. The second-order valence-electron chi connectivity index (χ2n) is 4.66. The molecule has 22 heavy (non-hydrogen) atoms. The van der Waals surface area contributed by atoms with Gasteiger partial charge in [0.1, 0.15) is 29.6 Å². The topological polar surface area (TPSA) is 154 Å². The van der Waals surface area contributed by atoms with Crippen LogP contribution in [-0.4, -0.2) is 68.2 Å². The van der Waals surface area contributed by atoms with Gasteiger partial charge in [-0.1, -0.05) is 12.1 Å². The van der Waals surface area contributed by atoms with Gasteiger partial charge in [-0.3, -0.25) is 0 Å². The number of esters is 1. The van der Waals surface area contributed by atoms with Crippen LogP contribution in [0.5, 0.6) is 5.75 Å². The van der Waals surface area contributed by atoms with E-state index in [1.54, 1.807) is 0 Å². The number of phenolic OH excluding ortho intramolecular Hbond substituents is 1. The molecule has 0 radical (unpaired) electrons. The van der Waals surface area contributed by atoms with Gasteiger partial charge in [0.25, 0.3) is 0 Å². The van der Waals surface area contributed by atoms with Crippen LogP contribution in [0.2, 0.25) is 0 Å². The Morgan fingerprint density at radius 3 is 2.27 bits per heavy atom. The van der Waals surface area contributed by atoms with Crippen molar-refractivity contribution in [2.45, 2.75) is 30.7 Å². The number of phenols is 1. The molecule has 1 heterocycles. The first-order valence-electron chi connectivity index (χ1n) is 6.24. The Bertz CT molecular complexity index is 572. The molecule has 1 aliphatic rings. The first kappa shape index (κ1) is 16.2. The molecule has 0 aliphatic carbocycles. The smallest absolute Gasteiger partial charge is 0.344 e. The zero-order valence-electron chi connectivity index (χ0n) is 11.1. The molecule has 9 nitrogen and oxygen atoms in total. The van der Waals surface area contributed by atoms with Crippen molar-refractivity contribution in [3.63, 3.8) is 0 Å². The maximum absolute atomic E-state index is 11.9. The van der Waals surface area contributed by atoms with E-state index in [1.165, 1.54) is 24.3 Å². The minimum absolute atomic E-state index is 0.231. The van der Waals surface area contributed by atoms with E-state index in [0.29, 0.717) is 0 Å². The van der Waals surface area contributed by atoms with Crippen molar-refractivity contribution < 1.29 is 44.6 Å². The monoisotopic (exact) mass is 314 g/mol. The summed E-state index contributed by atoms with van der Waals surface area (Å²) in [7, 11) is 0. The summed E-state index contributed by atoms with van der Waals surface area (Å²) in [5.41, 5.74) is -0.231.